The highest BCUT2D eigenvalue weighted by Gasteiger charge is 2.04. The Balaban J connectivity index is 2.22. The Bertz CT molecular complexity index is 698. The molecule has 0 bridgehead atoms. The molecule has 2 aromatic rings. The Hall–Kier alpha value is -2.60. The lowest BCUT2D eigenvalue weighted by Crippen LogP contribution is -2.09. The maximum Gasteiger partial charge on any atom is 0.123 e. The lowest BCUT2D eigenvalue weighted by Gasteiger charge is -2.12. The maximum atomic E-state index is 13.3. The number of nitriles is 1. The van der Waals surface area contributed by atoms with Crippen LogP contribution in [-0.4, -0.2) is 6.10 Å². The molecule has 0 heterocycles. The first-order valence-electron chi connectivity index (χ1n) is 7.27. The minimum absolute atomic E-state index is 0.170. The summed E-state index contributed by atoms with van der Waals surface area (Å²) in [6.07, 6.45) is 2.85. The van der Waals surface area contributed by atoms with Crippen LogP contribution in [0.1, 0.15) is 31.4 Å². The molecule has 0 aromatic heterocycles. The van der Waals surface area contributed by atoms with Crippen molar-refractivity contribution in [1.29, 1.82) is 5.26 Å². The summed E-state index contributed by atoms with van der Waals surface area (Å²) in [5.74, 6) is 0.451. The van der Waals surface area contributed by atoms with E-state index in [1.807, 2.05) is 31.2 Å². The summed E-state index contributed by atoms with van der Waals surface area (Å²) in [5, 5.41) is 9.27. The molecule has 2 rings (SSSR count). The Morgan fingerprint density at radius 1 is 1.27 bits per heavy atom. The van der Waals surface area contributed by atoms with Crippen LogP contribution in [0.3, 0.4) is 0 Å². The van der Waals surface area contributed by atoms with Gasteiger partial charge in [-0.05, 0) is 54.8 Å². The van der Waals surface area contributed by atoms with Crippen molar-refractivity contribution in [3.8, 4) is 11.8 Å². The Labute approximate surface area is 130 Å². The molecule has 3 heteroatoms. The van der Waals surface area contributed by atoms with Crippen LogP contribution in [0.5, 0.6) is 5.75 Å². The molecule has 2 aromatic carbocycles. The second-order valence-electron chi connectivity index (χ2n) is 5.09. The number of nitrogens with zero attached hydrogens (tertiary/aromatic N) is 1. The highest BCUT2D eigenvalue weighted by Crippen LogP contribution is 2.21. The van der Waals surface area contributed by atoms with Crippen molar-refractivity contribution < 1.29 is 9.13 Å². The van der Waals surface area contributed by atoms with Crippen LogP contribution in [0.4, 0.5) is 4.39 Å². The molecule has 0 fully saturated rings. The van der Waals surface area contributed by atoms with Gasteiger partial charge in [0.2, 0.25) is 0 Å². The van der Waals surface area contributed by atoms with E-state index in [0.717, 1.165) is 17.7 Å². The number of benzene rings is 2. The zero-order valence-electron chi connectivity index (χ0n) is 12.7. The monoisotopic (exact) mass is 295 g/mol. The van der Waals surface area contributed by atoms with Crippen LogP contribution in [0.2, 0.25) is 0 Å². The fraction of sp³-hybridized carbons (Fsp3) is 0.211. The summed E-state index contributed by atoms with van der Waals surface area (Å²) < 4.78 is 19.0. The summed E-state index contributed by atoms with van der Waals surface area (Å²) in [5.41, 5.74) is 1.87. The van der Waals surface area contributed by atoms with E-state index in [-0.39, 0.29) is 11.9 Å². The molecular formula is C19H18FNO. The Kier molecular flexibility index (Phi) is 5.32. The summed E-state index contributed by atoms with van der Waals surface area (Å²) in [4.78, 5) is 0. The molecule has 1 atom stereocenters. The molecule has 2 nitrogen and oxygen atoms in total. The SMILES string of the molecule is CC[C@@H](C)Oc1ccc(/C=C(/C#N)c2cccc(F)c2)cc1. The molecule has 0 aliphatic carbocycles. The van der Waals surface area contributed by atoms with Gasteiger partial charge in [-0.15, -0.1) is 0 Å². The zero-order valence-corrected chi connectivity index (χ0v) is 12.7. The minimum Gasteiger partial charge on any atom is -0.491 e. The largest absolute Gasteiger partial charge is 0.491 e. The zero-order chi connectivity index (χ0) is 15.9. The van der Waals surface area contributed by atoms with E-state index in [4.69, 9.17) is 4.74 Å². The van der Waals surface area contributed by atoms with Crippen molar-refractivity contribution >= 4 is 11.6 Å². The lowest BCUT2D eigenvalue weighted by molar-refractivity contribution is 0.217. The minimum atomic E-state index is -0.351. The van der Waals surface area contributed by atoms with Crippen molar-refractivity contribution in [3.05, 3.63) is 65.5 Å². The quantitative estimate of drug-likeness (QED) is 0.570. The highest BCUT2D eigenvalue weighted by molar-refractivity contribution is 5.89. The average molecular weight is 295 g/mol. The predicted molar refractivity (Wildman–Crippen MR) is 86.7 cm³/mol. The molecular weight excluding hydrogens is 277 g/mol. The van der Waals surface area contributed by atoms with Gasteiger partial charge in [0, 0.05) is 0 Å². The van der Waals surface area contributed by atoms with Gasteiger partial charge >= 0.3 is 0 Å². The van der Waals surface area contributed by atoms with Gasteiger partial charge in [0.15, 0.2) is 0 Å². The Morgan fingerprint density at radius 3 is 2.59 bits per heavy atom. The molecule has 0 aliphatic heterocycles. The fourth-order valence-electron chi connectivity index (χ4n) is 1.96. The topological polar surface area (TPSA) is 33.0 Å². The van der Waals surface area contributed by atoms with Crippen LogP contribution in [0.15, 0.2) is 48.5 Å². The van der Waals surface area contributed by atoms with Crippen molar-refractivity contribution in [2.45, 2.75) is 26.4 Å². The van der Waals surface area contributed by atoms with Gasteiger partial charge in [0.25, 0.3) is 0 Å². The summed E-state index contributed by atoms with van der Waals surface area (Å²) in [6.45, 7) is 4.09. The third kappa shape index (κ3) is 4.20. The van der Waals surface area contributed by atoms with Crippen LogP contribution < -0.4 is 4.74 Å². The second kappa shape index (κ2) is 7.42. The predicted octanol–water partition coefficient (Wildman–Crippen LogP) is 5.07. The molecule has 0 unspecified atom stereocenters. The van der Waals surface area contributed by atoms with Crippen molar-refractivity contribution in [2.75, 3.05) is 0 Å². The van der Waals surface area contributed by atoms with Crippen LogP contribution in [0.25, 0.3) is 11.6 Å². The number of ether oxygens (including phenoxy) is 1. The van der Waals surface area contributed by atoms with E-state index in [9.17, 15) is 9.65 Å². The third-order valence-corrected chi connectivity index (χ3v) is 3.36. The van der Waals surface area contributed by atoms with E-state index in [1.165, 1.54) is 12.1 Å². The van der Waals surface area contributed by atoms with Gasteiger partial charge in [0.1, 0.15) is 11.6 Å². The van der Waals surface area contributed by atoms with E-state index >= 15 is 0 Å². The number of hydrogen-bond acceptors (Lipinski definition) is 2. The molecule has 0 saturated heterocycles. The maximum absolute atomic E-state index is 13.3. The first-order valence-corrected chi connectivity index (χ1v) is 7.27. The van der Waals surface area contributed by atoms with Crippen molar-refractivity contribution in [2.24, 2.45) is 0 Å². The molecule has 0 saturated carbocycles. The molecule has 0 N–H and O–H groups in total. The molecule has 0 spiro atoms. The molecule has 0 amide bonds. The van der Waals surface area contributed by atoms with E-state index in [2.05, 4.69) is 13.0 Å². The van der Waals surface area contributed by atoms with Gasteiger partial charge in [-0.1, -0.05) is 31.2 Å². The number of hydrogen-bond donors (Lipinski definition) is 0. The molecule has 0 radical (unpaired) electrons. The summed E-state index contributed by atoms with van der Waals surface area (Å²) >= 11 is 0. The number of halogens is 1. The van der Waals surface area contributed by atoms with Crippen LogP contribution >= 0.6 is 0 Å². The third-order valence-electron chi connectivity index (χ3n) is 3.36. The van der Waals surface area contributed by atoms with Crippen molar-refractivity contribution in [3.63, 3.8) is 0 Å². The van der Waals surface area contributed by atoms with Crippen LogP contribution in [-0.2, 0) is 0 Å². The fourth-order valence-corrected chi connectivity index (χ4v) is 1.96. The first kappa shape index (κ1) is 15.8. The summed E-state index contributed by atoms with van der Waals surface area (Å²) in [7, 11) is 0. The first-order chi connectivity index (χ1) is 10.6. The lowest BCUT2D eigenvalue weighted by atomic mass is 10.0. The number of rotatable bonds is 5. The van der Waals surface area contributed by atoms with Gasteiger partial charge in [0.05, 0.1) is 17.7 Å². The highest BCUT2D eigenvalue weighted by atomic mass is 19.1. The van der Waals surface area contributed by atoms with Crippen molar-refractivity contribution in [1.82, 2.24) is 0 Å². The van der Waals surface area contributed by atoms with E-state index in [1.54, 1.807) is 18.2 Å². The summed E-state index contributed by atoms with van der Waals surface area (Å²) in [6, 6.07) is 15.7. The second-order valence-corrected chi connectivity index (χ2v) is 5.09. The van der Waals surface area contributed by atoms with Crippen LogP contribution in [0, 0.1) is 17.1 Å². The standard InChI is InChI=1S/C19H18FNO/c1-3-14(2)22-19-9-7-15(8-10-19)11-17(13-21)16-5-4-6-18(20)12-16/h4-12,14H,3H2,1-2H3/b17-11-/t14-/m1/s1. The van der Waals surface area contributed by atoms with Gasteiger partial charge in [-0.2, -0.15) is 5.26 Å². The van der Waals surface area contributed by atoms with Gasteiger partial charge in [-0.3, -0.25) is 0 Å². The normalized spacial score (nSPS) is 12.5. The van der Waals surface area contributed by atoms with Gasteiger partial charge < -0.3 is 4.74 Å². The van der Waals surface area contributed by atoms with Gasteiger partial charge in [-0.25, -0.2) is 4.39 Å². The molecule has 112 valence electrons. The smallest absolute Gasteiger partial charge is 0.123 e. The number of allylic oxidation sites excluding steroid dienone is 1. The van der Waals surface area contributed by atoms with E-state index < -0.39 is 0 Å². The Morgan fingerprint density at radius 2 is 2.00 bits per heavy atom. The molecule has 0 aliphatic rings. The average Bonchev–Trinajstić information content (AvgIpc) is 2.54. The molecule has 22 heavy (non-hydrogen) atoms. The van der Waals surface area contributed by atoms with E-state index in [0.29, 0.717) is 11.1 Å².